The largest absolute Gasteiger partial charge is 0.493 e. The second-order valence-corrected chi connectivity index (χ2v) is 7.65. The minimum Gasteiger partial charge on any atom is -0.493 e. The third kappa shape index (κ3) is 5.99. The molecule has 1 aliphatic heterocycles. The average molecular weight is 504 g/mol. The van der Waals surface area contributed by atoms with Gasteiger partial charge in [0.25, 0.3) is 11.8 Å². The molecule has 0 bridgehead atoms. The van der Waals surface area contributed by atoms with Gasteiger partial charge in [0.05, 0.1) is 27.5 Å². The summed E-state index contributed by atoms with van der Waals surface area (Å²) in [4.78, 5) is 25.8. The van der Waals surface area contributed by atoms with E-state index in [2.05, 4.69) is 15.8 Å². The predicted octanol–water partition coefficient (Wildman–Crippen LogP) is 3.36. The van der Waals surface area contributed by atoms with Crippen LogP contribution in [0.2, 0.25) is 0 Å². The van der Waals surface area contributed by atoms with E-state index in [1.54, 1.807) is 60.7 Å². The number of rotatable bonds is 9. The van der Waals surface area contributed by atoms with Crippen LogP contribution in [0, 0.1) is 0 Å². The SMILES string of the molecule is COc1cc(C=NNC(=O)/C(=C\c2ccc3c(c2)OCO3)NC(=O)c2ccccc2)cc(OC)c1OC. The Balaban J connectivity index is 1.57. The molecule has 10 heteroatoms. The number of carbonyl (C=O) groups is 2. The molecule has 0 atom stereocenters. The van der Waals surface area contributed by atoms with Crippen LogP contribution in [0.15, 0.2) is 71.5 Å². The number of fused-ring (bicyclic) bond motifs is 1. The number of hydrogen-bond acceptors (Lipinski definition) is 8. The van der Waals surface area contributed by atoms with E-state index >= 15 is 0 Å². The van der Waals surface area contributed by atoms with Crippen molar-refractivity contribution in [3.05, 3.63) is 83.1 Å². The Morgan fingerprint density at radius 2 is 1.57 bits per heavy atom. The highest BCUT2D eigenvalue weighted by Gasteiger charge is 2.17. The summed E-state index contributed by atoms with van der Waals surface area (Å²) in [7, 11) is 4.51. The fourth-order valence-electron chi connectivity index (χ4n) is 3.51. The van der Waals surface area contributed by atoms with Crippen molar-refractivity contribution >= 4 is 24.1 Å². The highest BCUT2D eigenvalue weighted by atomic mass is 16.7. The first-order valence-corrected chi connectivity index (χ1v) is 11.1. The maximum atomic E-state index is 13.1. The highest BCUT2D eigenvalue weighted by Crippen LogP contribution is 2.37. The molecule has 2 amide bonds. The smallest absolute Gasteiger partial charge is 0.287 e. The highest BCUT2D eigenvalue weighted by molar-refractivity contribution is 6.05. The molecule has 1 heterocycles. The van der Waals surface area contributed by atoms with Crippen molar-refractivity contribution in [1.29, 1.82) is 0 Å². The molecule has 3 aromatic carbocycles. The van der Waals surface area contributed by atoms with Crippen LogP contribution in [0.5, 0.6) is 28.7 Å². The van der Waals surface area contributed by atoms with Gasteiger partial charge in [0, 0.05) is 11.1 Å². The lowest BCUT2D eigenvalue weighted by atomic mass is 10.1. The molecule has 0 unspecified atom stereocenters. The molecular formula is C27H25N3O7. The van der Waals surface area contributed by atoms with Crippen LogP contribution in [-0.4, -0.2) is 46.2 Å². The van der Waals surface area contributed by atoms with Crippen molar-refractivity contribution in [2.75, 3.05) is 28.1 Å². The Morgan fingerprint density at radius 1 is 0.865 bits per heavy atom. The van der Waals surface area contributed by atoms with Gasteiger partial charge in [-0.2, -0.15) is 5.10 Å². The van der Waals surface area contributed by atoms with Gasteiger partial charge < -0.3 is 29.0 Å². The maximum Gasteiger partial charge on any atom is 0.287 e. The predicted molar refractivity (Wildman–Crippen MR) is 136 cm³/mol. The van der Waals surface area contributed by atoms with Gasteiger partial charge in [-0.25, -0.2) is 5.43 Å². The van der Waals surface area contributed by atoms with E-state index in [0.717, 1.165) is 0 Å². The van der Waals surface area contributed by atoms with Crippen LogP contribution in [0.1, 0.15) is 21.5 Å². The topological polar surface area (TPSA) is 117 Å². The van der Waals surface area contributed by atoms with E-state index < -0.39 is 11.8 Å². The van der Waals surface area contributed by atoms with Gasteiger partial charge in [0.2, 0.25) is 12.5 Å². The molecule has 0 fully saturated rings. The number of benzene rings is 3. The van der Waals surface area contributed by atoms with Crippen molar-refractivity contribution in [3.63, 3.8) is 0 Å². The molecule has 0 saturated carbocycles. The average Bonchev–Trinajstić information content (AvgIpc) is 3.40. The fourth-order valence-corrected chi connectivity index (χ4v) is 3.51. The van der Waals surface area contributed by atoms with Crippen LogP contribution in [-0.2, 0) is 4.79 Å². The van der Waals surface area contributed by atoms with E-state index in [0.29, 0.717) is 45.4 Å². The lowest BCUT2D eigenvalue weighted by Gasteiger charge is -2.12. The van der Waals surface area contributed by atoms with Gasteiger partial charge in [0.1, 0.15) is 5.70 Å². The van der Waals surface area contributed by atoms with Gasteiger partial charge in [-0.1, -0.05) is 24.3 Å². The van der Waals surface area contributed by atoms with Gasteiger partial charge in [-0.3, -0.25) is 9.59 Å². The van der Waals surface area contributed by atoms with E-state index in [1.807, 2.05) is 0 Å². The molecule has 0 spiro atoms. The summed E-state index contributed by atoms with van der Waals surface area (Å²) in [6, 6.07) is 17.1. The monoisotopic (exact) mass is 503 g/mol. The number of hydrazone groups is 1. The number of ether oxygens (including phenoxy) is 5. The third-order valence-corrected chi connectivity index (χ3v) is 5.30. The normalized spacial score (nSPS) is 12.2. The molecule has 1 aliphatic rings. The van der Waals surface area contributed by atoms with E-state index in [9.17, 15) is 9.59 Å². The first-order valence-electron chi connectivity index (χ1n) is 11.1. The molecule has 0 saturated heterocycles. The first-order chi connectivity index (χ1) is 18.0. The van der Waals surface area contributed by atoms with Crippen molar-refractivity contribution in [3.8, 4) is 28.7 Å². The van der Waals surface area contributed by atoms with E-state index in [1.165, 1.54) is 33.6 Å². The van der Waals surface area contributed by atoms with Crippen molar-refractivity contribution < 1.29 is 33.3 Å². The van der Waals surface area contributed by atoms with Crippen LogP contribution < -0.4 is 34.4 Å². The molecular weight excluding hydrogens is 478 g/mol. The van der Waals surface area contributed by atoms with Gasteiger partial charge >= 0.3 is 0 Å². The molecule has 2 N–H and O–H groups in total. The Bertz CT molecular complexity index is 1330. The molecule has 190 valence electrons. The summed E-state index contributed by atoms with van der Waals surface area (Å²) in [5.74, 6) is 1.38. The fraction of sp³-hybridized carbons (Fsp3) is 0.148. The van der Waals surface area contributed by atoms with E-state index in [-0.39, 0.29) is 12.5 Å². The van der Waals surface area contributed by atoms with Crippen LogP contribution in [0.25, 0.3) is 6.08 Å². The summed E-state index contributed by atoms with van der Waals surface area (Å²) >= 11 is 0. The van der Waals surface area contributed by atoms with Crippen LogP contribution in [0.4, 0.5) is 0 Å². The second-order valence-electron chi connectivity index (χ2n) is 7.65. The van der Waals surface area contributed by atoms with Crippen molar-refractivity contribution in [2.24, 2.45) is 5.10 Å². The van der Waals surface area contributed by atoms with Gasteiger partial charge in [-0.15, -0.1) is 0 Å². The lowest BCUT2D eigenvalue weighted by Crippen LogP contribution is -2.32. The van der Waals surface area contributed by atoms with Crippen LogP contribution in [0.3, 0.4) is 0 Å². The molecule has 37 heavy (non-hydrogen) atoms. The molecule has 3 aromatic rings. The quantitative estimate of drug-likeness (QED) is 0.261. The zero-order valence-corrected chi connectivity index (χ0v) is 20.4. The number of carbonyl (C=O) groups excluding carboxylic acids is 2. The van der Waals surface area contributed by atoms with Crippen molar-refractivity contribution in [2.45, 2.75) is 0 Å². The number of methoxy groups -OCH3 is 3. The minimum absolute atomic E-state index is 0.0187. The summed E-state index contributed by atoms with van der Waals surface area (Å²) in [5, 5.41) is 6.69. The number of nitrogens with one attached hydrogen (secondary N) is 2. The van der Waals surface area contributed by atoms with Crippen LogP contribution >= 0.6 is 0 Å². The Labute approximate surface area is 213 Å². The Kier molecular flexibility index (Phi) is 7.89. The molecule has 4 rings (SSSR count). The summed E-state index contributed by atoms with van der Waals surface area (Å²) in [6.45, 7) is 0.121. The molecule has 10 nitrogen and oxygen atoms in total. The number of hydrogen-bond donors (Lipinski definition) is 2. The molecule has 0 aromatic heterocycles. The van der Waals surface area contributed by atoms with Gasteiger partial charge in [0.15, 0.2) is 23.0 Å². The van der Waals surface area contributed by atoms with Crippen molar-refractivity contribution in [1.82, 2.24) is 10.7 Å². The summed E-state index contributed by atoms with van der Waals surface area (Å²) in [6.07, 6.45) is 2.94. The minimum atomic E-state index is -0.634. The zero-order valence-electron chi connectivity index (χ0n) is 20.4. The van der Waals surface area contributed by atoms with E-state index in [4.69, 9.17) is 23.7 Å². The summed E-state index contributed by atoms with van der Waals surface area (Å²) < 4.78 is 26.7. The lowest BCUT2D eigenvalue weighted by molar-refractivity contribution is -0.117. The Morgan fingerprint density at radius 3 is 2.24 bits per heavy atom. The first kappa shape index (κ1) is 25.1. The Hall–Kier alpha value is -4.99. The zero-order chi connectivity index (χ0) is 26.2. The second kappa shape index (κ2) is 11.6. The third-order valence-electron chi connectivity index (χ3n) is 5.30. The molecule has 0 aliphatic carbocycles. The number of amides is 2. The maximum absolute atomic E-state index is 13.1. The standard InChI is InChI=1S/C27H25N3O7/c1-33-23-13-18(14-24(34-2)25(23)35-3)15-28-30-27(32)20(29-26(31)19-7-5-4-6-8-19)11-17-9-10-21-22(12-17)37-16-36-21/h4-15H,16H2,1-3H3,(H,29,31)(H,30,32)/b20-11+,28-15?. The van der Waals surface area contributed by atoms with Gasteiger partial charge in [-0.05, 0) is 48.0 Å². The molecule has 0 radical (unpaired) electrons. The summed E-state index contributed by atoms with van der Waals surface area (Å²) in [5.41, 5.74) is 4.03. The number of nitrogens with zero attached hydrogens (tertiary/aromatic N) is 1.